The van der Waals surface area contributed by atoms with E-state index >= 15 is 0 Å². The molecule has 2 aromatic carbocycles. The van der Waals surface area contributed by atoms with Gasteiger partial charge in [-0.3, -0.25) is 14.9 Å². The van der Waals surface area contributed by atoms with Crippen molar-refractivity contribution in [2.75, 3.05) is 11.9 Å². The fourth-order valence-electron chi connectivity index (χ4n) is 1.91. The third-order valence-corrected chi connectivity index (χ3v) is 3.51. The molecule has 0 radical (unpaired) electrons. The van der Waals surface area contributed by atoms with Crippen molar-refractivity contribution in [3.63, 3.8) is 0 Å². The molecule has 0 aromatic heterocycles. The van der Waals surface area contributed by atoms with Crippen LogP contribution < -0.4 is 5.32 Å². The molecule has 0 fully saturated rings. The van der Waals surface area contributed by atoms with Crippen LogP contribution in [0.2, 0.25) is 5.02 Å². The van der Waals surface area contributed by atoms with Gasteiger partial charge in [0.25, 0.3) is 11.6 Å². The van der Waals surface area contributed by atoms with Crippen molar-refractivity contribution in [2.24, 2.45) is 0 Å². The molecule has 0 unspecified atom stereocenters. The Morgan fingerprint density at radius 3 is 2.68 bits per heavy atom. The summed E-state index contributed by atoms with van der Waals surface area (Å²) >= 11 is 5.65. The summed E-state index contributed by atoms with van der Waals surface area (Å²) in [6.45, 7) is 1.04. The Morgan fingerprint density at radius 1 is 1.28 bits per heavy atom. The topological polar surface area (TPSA) is 98.5 Å². The molecule has 2 aromatic rings. The lowest BCUT2D eigenvalue weighted by Gasteiger charge is -2.09. The maximum Gasteiger partial charge on any atom is 0.338 e. The molecule has 0 aliphatic rings. The number of nitrogens with one attached hydrogen (secondary N) is 1. The maximum atomic E-state index is 13.2. The molecule has 2 rings (SSSR count). The number of amides is 1. The fraction of sp³-hybridized carbons (Fsp3) is 0.125. The second-order valence-electron chi connectivity index (χ2n) is 5.01. The number of nitro groups is 1. The summed E-state index contributed by atoms with van der Waals surface area (Å²) in [5.41, 5.74) is 0.319. The van der Waals surface area contributed by atoms with E-state index in [2.05, 4.69) is 5.32 Å². The highest BCUT2D eigenvalue weighted by atomic mass is 35.5. The van der Waals surface area contributed by atoms with Gasteiger partial charge in [-0.05, 0) is 36.8 Å². The number of carbonyl (C=O) groups excluding carboxylic acids is 2. The van der Waals surface area contributed by atoms with E-state index in [1.807, 2.05) is 0 Å². The summed E-state index contributed by atoms with van der Waals surface area (Å²) in [5.74, 6) is -2.12. The SMILES string of the molecule is Cc1ccc(F)cc1NC(=O)COC(=O)c1ccc(Cl)c([N+](=O)[O-])c1. The van der Waals surface area contributed by atoms with Gasteiger partial charge in [-0.2, -0.15) is 0 Å². The lowest BCUT2D eigenvalue weighted by Crippen LogP contribution is -2.21. The van der Waals surface area contributed by atoms with Gasteiger partial charge in [-0.15, -0.1) is 0 Å². The zero-order valence-electron chi connectivity index (χ0n) is 12.9. The second kappa shape index (κ2) is 7.71. The number of nitrogens with zero attached hydrogens (tertiary/aromatic N) is 1. The van der Waals surface area contributed by atoms with Crippen LogP contribution in [0.4, 0.5) is 15.8 Å². The maximum absolute atomic E-state index is 13.2. The van der Waals surface area contributed by atoms with Crippen molar-refractivity contribution in [1.82, 2.24) is 0 Å². The van der Waals surface area contributed by atoms with Gasteiger partial charge in [0.05, 0.1) is 10.5 Å². The summed E-state index contributed by atoms with van der Waals surface area (Å²) in [6, 6.07) is 7.26. The van der Waals surface area contributed by atoms with E-state index < -0.39 is 34.9 Å². The Hall–Kier alpha value is -3.00. The average molecular weight is 367 g/mol. The first-order valence-corrected chi connectivity index (χ1v) is 7.33. The van der Waals surface area contributed by atoms with Crippen LogP contribution in [0.25, 0.3) is 0 Å². The van der Waals surface area contributed by atoms with Gasteiger partial charge in [-0.25, -0.2) is 9.18 Å². The number of anilines is 1. The number of halogens is 2. The van der Waals surface area contributed by atoms with Gasteiger partial charge >= 0.3 is 5.97 Å². The molecule has 9 heteroatoms. The van der Waals surface area contributed by atoms with E-state index in [-0.39, 0.29) is 16.3 Å². The quantitative estimate of drug-likeness (QED) is 0.496. The molecule has 0 aliphatic heterocycles. The zero-order chi connectivity index (χ0) is 18.6. The number of nitro benzene ring substituents is 1. The van der Waals surface area contributed by atoms with E-state index in [4.69, 9.17) is 16.3 Å². The molecule has 0 heterocycles. The minimum absolute atomic E-state index is 0.120. The summed E-state index contributed by atoms with van der Waals surface area (Å²) in [7, 11) is 0. The zero-order valence-corrected chi connectivity index (χ0v) is 13.7. The van der Waals surface area contributed by atoms with Crippen LogP contribution in [0.5, 0.6) is 0 Å². The van der Waals surface area contributed by atoms with Crippen LogP contribution in [0.3, 0.4) is 0 Å². The molecule has 130 valence electrons. The Bertz CT molecular complexity index is 856. The molecule has 0 bridgehead atoms. The molecule has 0 aliphatic carbocycles. The highest BCUT2D eigenvalue weighted by Crippen LogP contribution is 2.25. The van der Waals surface area contributed by atoms with Crippen molar-refractivity contribution >= 4 is 34.9 Å². The van der Waals surface area contributed by atoms with Crippen LogP contribution in [0, 0.1) is 22.9 Å². The Balaban J connectivity index is 2.00. The first kappa shape index (κ1) is 18.3. The Kier molecular flexibility index (Phi) is 5.66. The molecule has 7 nitrogen and oxygen atoms in total. The van der Waals surface area contributed by atoms with Crippen LogP contribution >= 0.6 is 11.6 Å². The summed E-state index contributed by atoms with van der Waals surface area (Å²) in [6.07, 6.45) is 0. The molecule has 25 heavy (non-hydrogen) atoms. The second-order valence-corrected chi connectivity index (χ2v) is 5.41. The van der Waals surface area contributed by atoms with Gasteiger partial charge in [0.2, 0.25) is 0 Å². The van der Waals surface area contributed by atoms with Gasteiger partial charge in [-0.1, -0.05) is 17.7 Å². The summed E-state index contributed by atoms with van der Waals surface area (Å²) < 4.78 is 18.0. The Labute approximate surface area is 146 Å². The van der Waals surface area contributed by atoms with Crippen molar-refractivity contribution in [2.45, 2.75) is 6.92 Å². The van der Waals surface area contributed by atoms with E-state index in [0.29, 0.717) is 5.56 Å². The molecular formula is C16H12ClFN2O5. The van der Waals surface area contributed by atoms with Crippen LogP contribution in [-0.4, -0.2) is 23.4 Å². The number of hydrogen-bond donors (Lipinski definition) is 1. The summed E-state index contributed by atoms with van der Waals surface area (Å²) in [4.78, 5) is 33.7. The monoisotopic (exact) mass is 366 g/mol. The standard InChI is InChI=1S/C16H12ClFN2O5/c1-9-2-4-11(18)7-13(9)19-15(21)8-25-16(22)10-3-5-12(17)14(6-10)20(23)24/h2-7H,8H2,1H3,(H,19,21). The lowest BCUT2D eigenvalue weighted by molar-refractivity contribution is -0.384. The molecule has 0 spiro atoms. The van der Waals surface area contributed by atoms with E-state index in [0.717, 1.165) is 12.1 Å². The number of benzene rings is 2. The summed E-state index contributed by atoms with van der Waals surface area (Å²) in [5, 5.41) is 13.1. The molecule has 1 N–H and O–H groups in total. The van der Waals surface area contributed by atoms with Crippen LogP contribution in [-0.2, 0) is 9.53 Å². The number of esters is 1. The number of carbonyl (C=O) groups is 2. The first-order valence-electron chi connectivity index (χ1n) is 6.95. The van der Waals surface area contributed by atoms with E-state index in [1.54, 1.807) is 6.92 Å². The minimum atomic E-state index is -0.925. The average Bonchev–Trinajstić information content (AvgIpc) is 2.56. The van der Waals surface area contributed by atoms with Crippen molar-refractivity contribution < 1.29 is 23.6 Å². The minimum Gasteiger partial charge on any atom is -0.452 e. The molecule has 0 saturated carbocycles. The lowest BCUT2D eigenvalue weighted by atomic mass is 10.2. The fourth-order valence-corrected chi connectivity index (χ4v) is 2.10. The highest BCUT2D eigenvalue weighted by molar-refractivity contribution is 6.32. The van der Waals surface area contributed by atoms with Crippen molar-refractivity contribution in [3.8, 4) is 0 Å². The highest BCUT2D eigenvalue weighted by Gasteiger charge is 2.18. The largest absolute Gasteiger partial charge is 0.452 e. The Morgan fingerprint density at radius 2 is 2.00 bits per heavy atom. The van der Waals surface area contributed by atoms with E-state index in [9.17, 15) is 24.1 Å². The van der Waals surface area contributed by atoms with Gasteiger partial charge < -0.3 is 10.1 Å². The molecule has 0 saturated heterocycles. The molecule has 0 atom stereocenters. The van der Waals surface area contributed by atoms with Crippen LogP contribution in [0.1, 0.15) is 15.9 Å². The first-order chi connectivity index (χ1) is 11.8. The third-order valence-electron chi connectivity index (χ3n) is 3.19. The number of rotatable bonds is 5. The number of aryl methyl sites for hydroxylation is 1. The van der Waals surface area contributed by atoms with Gasteiger partial charge in [0.1, 0.15) is 10.8 Å². The predicted molar refractivity (Wildman–Crippen MR) is 88.2 cm³/mol. The van der Waals surface area contributed by atoms with Crippen molar-refractivity contribution in [1.29, 1.82) is 0 Å². The van der Waals surface area contributed by atoms with Gasteiger partial charge in [0.15, 0.2) is 6.61 Å². The molecule has 1 amide bonds. The van der Waals surface area contributed by atoms with E-state index in [1.165, 1.54) is 24.3 Å². The van der Waals surface area contributed by atoms with Crippen molar-refractivity contribution in [3.05, 3.63) is 68.5 Å². The number of ether oxygens (including phenoxy) is 1. The molecular weight excluding hydrogens is 355 g/mol. The normalized spacial score (nSPS) is 10.2. The smallest absolute Gasteiger partial charge is 0.338 e. The predicted octanol–water partition coefficient (Wildman–Crippen LogP) is 3.49. The number of hydrogen-bond acceptors (Lipinski definition) is 5. The van der Waals surface area contributed by atoms with Gasteiger partial charge in [0, 0.05) is 11.8 Å². The third kappa shape index (κ3) is 4.74. The van der Waals surface area contributed by atoms with Crippen LogP contribution in [0.15, 0.2) is 36.4 Å².